The number of methoxy groups -OCH3 is 1. The van der Waals surface area contributed by atoms with Crippen LogP contribution >= 0.6 is 0 Å². The molecule has 3 heterocycles. The molecule has 1 aromatic carbocycles. The first-order chi connectivity index (χ1) is 16.9. The summed E-state index contributed by atoms with van der Waals surface area (Å²) in [6, 6.07) is 7.66. The van der Waals surface area contributed by atoms with Gasteiger partial charge in [0, 0.05) is 18.5 Å². The van der Waals surface area contributed by atoms with Gasteiger partial charge in [-0.2, -0.15) is 26.3 Å². The molecule has 0 radical (unpaired) electrons. The highest BCUT2D eigenvalue weighted by atomic mass is 19.4. The van der Waals surface area contributed by atoms with Crippen LogP contribution in [0.5, 0.6) is 11.5 Å². The van der Waals surface area contributed by atoms with E-state index < -0.39 is 48.7 Å². The minimum atomic E-state index is -4.63. The molecule has 0 spiro atoms. The number of likely N-dealkylation sites (tertiary alicyclic amines) is 1. The number of ether oxygens (including phenoxy) is 4. The molecule has 2 unspecified atom stereocenters. The molecule has 2 atom stereocenters. The third-order valence-electron chi connectivity index (χ3n) is 6.06. The summed E-state index contributed by atoms with van der Waals surface area (Å²) in [7, 11) is 1.29. The van der Waals surface area contributed by atoms with Crippen LogP contribution in [0.25, 0.3) is 0 Å². The number of carbonyl (C=O) groups excluding carboxylic acids is 1. The highest BCUT2D eigenvalue weighted by molar-refractivity contribution is 5.95. The van der Waals surface area contributed by atoms with Crippen molar-refractivity contribution in [3.8, 4) is 11.5 Å². The lowest BCUT2D eigenvalue weighted by Crippen LogP contribution is -2.54. The predicted molar refractivity (Wildman–Crippen MR) is 111 cm³/mol. The third-order valence-corrected chi connectivity index (χ3v) is 6.06. The molecule has 1 amide bonds. The molecular weight excluding hydrogens is 498 g/mol. The zero-order valence-electron chi connectivity index (χ0n) is 19.0. The third kappa shape index (κ3) is 5.36. The molecule has 0 saturated carbocycles. The zero-order valence-corrected chi connectivity index (χ0v) is 19.0. The first kappa shape index (κ1) is 26.0. The molecule has 2 aromatic rings. The van der Waals surface area contributed by atoms with Crippen LogP contribution in [0.3, 0.4) is 0 Å². The fourth-order valence-electron chi connectivity index (χ4n) is 4.23. The fraction of sp³-hybridized carbons (Fsp3) is 0.478. The topological polar surface area (TPSA) is 70.1 Å². The van der Waals surface area contributed by atoms with E-state index in [1.54, 1.807) is 0 Å². The first-order valence-corrected chi connectivity index (χ1v) is 10.9. The van der Waals surface area contributed by atoms with Crippen molar-refractivity contribution in [2.45, 2.75) is 36.9 Å². The lowest BCUT2D eigenvalue weighted by molar-refractivity contribution is -0.142. The summed E-state index contributed by atoms with van der Waals surface area (Å²) >= 11 is 0. The summed E-state index contributed by atoms with van der Waals surface area (Å²) in [5.41, 5.74) is -2.01. The van der Waals surface area contributed by atoms with Crippen LogP contribution in [-0.4, -0.2) is 61.7 Å². The molecule has 1 aromatic heterocycles. The Balaban J connectivity index is 1.49. The van der Waals surface area contributed by atoms with Crippen molar-refractivity contribution in [2.75, 3.05) is 33.6 Å². The Hall–Kier alpha value is -3.06. The Morgan fingerprint density at radius 3 is 2.64 bits per heavy atom. The monoisotopic (exact) mass is 520 g/mol. The number of alkyl halides is 6. The number of piperidine rings is 1. The van der Waals surface area contributed by atoms with E-state index in [2.05, 4.69) is 4.98 Å². The van der Waals surface area contributed by atoms with Crippen LogP contribution < -0.4 is 9.47 Å². The van der Waals surface area contributed by atoms with Crippen molar-refractivity contribution in [3.63, 3.8) is 0 Å². The minimum Gasteiger partial charge on any atom is -0.493 e. The molecule has 4 rings (SSSR count). The van der Waals surface area contributed by atoms with Gasteiger partial charge in [0.05, 0.1) is 32.4 Å². The van der Waals surface area contributed by atoms with Gasteiger partial charge in [0.2, 0.25) is 0 Å². The van der Waals surface area contributed by atoms with Gasteiger partial charge in [0.1, 0.15) is 24.2 Å². The second-order valence-electron chi connectivity index (χ2n) is 8.29. The minimum absolute atomic E-state index is 0.0307. The highest BCUT2D eigenvalue weighted by Crippen LogP contribution is 2.43. The largest absolute Gasteiger partial charge is 0.493 e. The number of benzene rings is 1. The van der Waals surface area contributed by atoms with Gasteiger partial charge in [0.25, 0.3) is 5.91 Å². The molecule has 2 aliphatic heterocycles. The maximum absolute atomic E-state index is 13.2. The van der Waals surface area contributed by atoms with Crippen LogP contribution in [-0.2, 0) is 21.3 Å². The summed E-state index contributed by atoms with van der Waals surface area (Å²) in [5.74, 6) is -0.279. The first-order valence-electron chi connectivity index (χ1n) is 10.9. The van der Waals surface area contributed by atoms with Gasteiger partial charge >= 0.3 is 12.4 Å². The lowest BCUT2D eigenvalue weighted by atomic mass is 9.84. The van der Waals surface area contributed by atoms with E-state index in [4.69, 9.17) is 18.9 Å². The van der Waals surface area contributed by atoms with Gasteiger partial charge in [0.15, 0.2) is 11.5 Å². The predicted octanol–water partition coefficient (Wildman–Crippen LogP) is 4.55. The molecule has 0 aliphatic carbocycles. The zero-order chi connectivity index (χ0) is 26.1. The number of halogens is 6. The van der Waals surface area contributed by atoms with Crippen molar-refractivity contribution in [1.29, 1.82) is 0 Å². The number of pyridine rings is 1. The summed E-state index contributed by atoms with van der Waals surface area (Å²) < 4.78 is 98.4. The van der Waals surface area contributed by atoms with Crippen LogP contribution in [0.2, 0.25) is 0 Å². The molecular formula is C23H22F6N2O5. The Kier molecular flexibility index (Phi) is 7.06. The van der Waals surface area contributed by atoms with Gasteiger partial charge in [-0.3, -0.25) is 4.79 Å². The number of amides is 1. The normalized spacial score (nSPS) is 22.3. The summed E-state index contributed by atoms with van der Waals surface area (Å²) in [6.07, 6.45) is -10.7. The quantitative estimate of drug-likeness (QED) is 0.521. The van der Waals surface area contributed by atoms with Crippen LogP contribution in [0.15, 0.2) is 36.4 Å². The molecule has 0 N–H and O–H groups in total. The van der Waals surface area contributed by atoms with Crippen LogP contribution in [0.1, 0.15) is 34.6 Å². The number of hydrogen-bond donors (Lipinski definition) is 0. The second kappa shape index (κ2) is 9.77. The highest BCUT2D eigenvalue weighted by Gasteiger charge is 2.52. The van der Waals surface area contributed by atoms with E-state index in [0.29, 0.717) is 0 Å². The van der Waals surface area contributed by atoms with E-state index in [1.165, 1.54) is 42.3 Å². The van der Waals surface area contributed by atoms with Gasteiger partial charge in [-0.1, -0.05) is 6.07 Å². The average molecular weight is 520 g/mol. The molecule has 2 saturated heterocycles. The lowest BCUT2D eigenvalue weighted by Gasteiger charge is -2.41. The Morgan fingerprint density at radius 2 is 1.94 bits per heavy atom. The number of carbonyl (C=O) groups is 1. The molecule has 2 fully saturated rings. The smallest absolute Gasteiger partial charge is 0.433 e. The number of nitrogens with zero attached hydrogens (tertiary/aromatic N) is 2. The van der Waals surface area contributed by atoms with Gasteiger partial charge < -0.3 is 23.8 Å². The molecule has 7 nitrogen and oxygen atoms in total. The number of aromatic nitrogens is 1. The summed E-state index contributed by atoms with van der Waals surface area (Å²) in [6.45, 7) is -0.599. The van der Waals surface area contributed by atoms with Gasteiger partial charge in [-0.15, -0.1) is 0 Å². The van der Waals surface area contributed by atoms with Gasteiger partial charge in [-0.05, 0) is 30.3 Å². The number of fused-ring (bicyclic) bond motifs is 1. The van der Waals surface area contributed by atoms with E-state index in [9.17, 15) is 31.1 Å². The Morgan fingerprint density at radius 1 is 1.17 bits per heavy atom. The van der Waals surface area contributed by atoms with E-state index >= 15 is 0 Å². The summed E-state index contributed by atoms with van der Waals surface area (Å²) in [5, 5.41) is 0. The molecule has 36 heavy (non-hydrogen) atoms. The van der Waals surface area contributed by atoms with Crippen molar-refractivity contribution in [2.24, 2.45) is 0 Å². The van der Waals surface area contributed by atoms with Crippen LogP contribution in [0.4, 0.5) is 26.3 Å². The maximum atomic E-state index is 13.2. The van der Waals surface area contributed by atoms with E-state index in [0.717, 1.165) is 6.07 Å². The Bertz CT molecular complexity index is 1110. The van der Waals surface area contributed by atoms with Crippen molar-refractivity contribution in [1.82, 2.24) is 9.88 Å². The molecule has 2 aliphatic rings. The van der Waals surface area contributed by atoms with E-state index in [-0.39, 0.29) is 49.1 Å². The van der Waals surface area contributed by atoms with Crippen molar-refractivity contribution in [3.05, 3.63) is 53.3 Å². The fourth-order valence-corrected chi connectivity index (χ4v) is 4.23. The summed E-state index contributed by atoms with van der Waals surface area (Å²) in [4.78, 5) is 18.4. The van der Waals surface area contributed by atoms with E-state index in [1.807, 2.05) is 0 Å². The SMILES string of the molecule is COc1cc(C(=O)N2CCC3(c4cccc(C(F)(F)F)n4)OCOC3C2)ccc1OCCC(F)(F)F. The average Bonchev–Trinajstić information content (AvgIpc) is 3.27. The molecule has 13 heteroatoms. The van der Waals surface area contributed by atoms with Crippen molar-refractivity contribution < 1.29 is 50.1 Å². The van der Waals surface area contributed by atoms with Crippen molar-refractivity contribution >= 4 is 5.91 Å². The number of hydrogen-bond acceptors (Lipinski definition) is 6. The Labute approximate surface area is 201 Å². The standard InChI is InChI=1S/C23H22F6N2O5/c1-33-16-11-14(5-6-15(16)34-10-8-22(24,25)26)20(32)31-9-7-21(19(12-31)35-13-36-21)17-3-2-4-18(30-17)23(27,28)29/h2-6,11,19H,7-10,12-13H2,1H3. The maximum Gasteiger partial charge on any atom is 0.433 e. The molecule has 0 bridgehead atoms. The second-order valence-corrected chi connectivity index (χ2v) is 8.29. The van der Waals surface area contributed by atoms with Crippen LogP contribution in [0, 0.1) is 0 Å². The number of rotatable bonds is 6. The molecule has 196 valence electrons. The van der Waals surface area contributed by atoms with Gasteiger partial charge in [-0.25, -0.2) is 4.98 Å².